The molecule has 0 atom stereocenters. The van der Waals surface area contributed by atoms with Crippen LogP contribution in [0.15, 0.2) is 101 Å². The summed E-state index contributed by atoms with van der Waals surface area (Å²) in [5.41, 5.74) is 7.61. The van der Waals surface area contributed by atoms with Crippen molar-refractivity contribution in [2.75, 3.05) is 33.1 Å². The minimum atomic E-state index is 0. The van der Waals surface area contributed by atoms with Gasteiger partial charge in [-0.1, -0.05) is 0 Å². The molecule has 4 rings (SSSR count). The average Bonchev–Trinajstić information content (AvgIpc) is 2.79. The Labute approximate surface area is 198 Å². The molecule has 0 amide bonds. The summed E-state index contributed by atoms with van der Waals surface area (Å²) < 4.78 is 4.98. The number of nitrogens with zero attached hydrogens (tertiary/aromatic N) is 2. The largest absolute Gasteiger partial charge is 1.00 e. The molecule has 0 spiro atoms. The van der Waals surface area contributed by atoms with Crippen molar-refractivity contribution in [2.24, 2.45) is 0 Å². The normalized spacial score (nSPS) is 15.3. The Hall–Kier alpha value is -2.58. The van der Waals surface area contributed by atoms with Gasteiger partial charge in [0.2, 0.25) is 0 Å². The predicted octanol–water partition coefficient (Wildman–Crippen LogP) is 1.99. The van der Waals surface area contributed by atoms with Gasteiger partial charge in [0.05, 0.1) is 0 Å². The van der Waals surface area contributed by atoms with Crippen molar-refractivity contribution in [1.82, 2.24) is 0 Å². The number of benzene rings is 2. The van der Waals surface area contributed by atoms with Crippen LogP contribution in [-0.2, 0) is 0 Å². The number of hydrogen-bond donors (Lipinski definition) is 0. The molecule has 158 valence electrons. The fourth-order valence-electron chi connectivity index (χ4n) is 3.43. The van der Waals surface area contributed by atoms with Gasteiger partial charge in [-0.2, -0.15) is 0 Å². The monoisotopic (exact) mass is 494 g/mol. The van der Waals surface area contributed by atoms with Crippen LogP contribution in [-0.4, -0.2) is 53.4 Å². The van der Waals surface area contributed by atoms with E-state index in [0.29, 0.717) is 0 Å². The summed E-state index contributed by atoms with van der Waals surface area (Å²) in [4.78, 5) is 2.14. The van der Waals surface area contributed by atoms with Crippen LogP contribution in [0.1, 0.15) is 11.1 Å². The summed E-state index contributed by atoms with van der Waals surface area (Å²) in [6.45, 7) is 0. The number of halogens is 1. The zero-order valence-corrected chi connectivity index (χ0v) is 20.8. The Balaban J connectivity index is 0.00000272. The maximum Gasteiger partial charge on any atom is -1.00 e. The van der Waals surface area contributed by atoms with Gasteiger partial charge in [-0.25, -0.2) is 0 Å². The molecule has 2 nitrogen and oxygen atoms in total. The van der Waals surface area contributed by atoms with Gasteiger partial charge < -0.3 is 12.4 Å². The van der Waals surface area contributed by atoms with Crippen LogP contribution in [0.2, 0.25) is 0 Å². The fourth-order valence-corrected chi connectivity index (χ4v) is 5.77. The Morgan fingerprint density at radius 2 is 1.39 bits per heavy atom. The molecule has 0 N–H and O–H groups in total. The topological polar surface area (TPSA) is 6.25 Å². The molecule has 4 heteroatoms. The van der Waals surface area contributed by atoms with Crippen molar-refractivity contribution in [3.8, 4) is 0 Å². The number of hydrogen-bond acceptors (Lipinski definition) is 1. The standard InChI is InChI=1S/C27H27N2Se.ClH/c1-28(2)24-14-10-21(11-15-24)26-18-23(20-8-6-5-7-9-20)19-27(30-26)22-12-16-25(17-13-22)29(3)4;/h5-19H,1-4H3;1H/q+1;/p-1. The molecule has 0 bridgehead atoms. The molecule has 0 fully saturated rings. The SMILES string of the molecule is CN(C)c1ccc(C2=CC(c3ccccc3)=CC(=C3C=CC(=[N+](C)C)C=C3)[Se]2)cc1.[Cl-]. The second-order valence-electron chi connectivity index (χ2n) is 7.82. The Bertz CT molecular complexity index is 1110. The van der Waals surface area contributed by atoms with Gasteiger partial charge in [0, 0.05) is 0 Å². The summed E-state index contributed by atoms with van der Waals surface area (Å²) in [7, 11) is 8.33. The molecule has 0 unspecified atom stereocenters. The van der Waals surface area contributed by atoms with E-state index < -0.39 is 0 Å². The molecule has 1 aliphatic carbocycles. The van der Waals surface area contributed by atoms with Gasteiger partial charge in [-0.15, -0.1) is 0 Å². The third-order valence-electron chi connectivity index (χ3n) is 5.24. The zero-order valence-electron chi connectivity index (χ0n) is 18.3. The van der Waals surface area contributed by atoms with Gasteiger partial charge in [0.1, 0.15) is 0 Å². The maximum atomic E-state index is 2.37. The van der Waals surface area contributed by atoms with E-state index in [1.807, 2.05) is 0 Å². The molecule has 1 aliphatic heterocycles. The van der Waals surface area contributed by atoms with Crippen molar-refractivity contribution in [1.29, 1.82) is 0 Å². The predicted molar refractivity (Wildman–Crippen MR) is 131 cm³/mol. The summed E-state index contributed by atoms with van der Waals surface area (Å²) >= 11 is 0.248. The van der Waals surface area contributed by atoms with Gasteiger partial charge in [0.25, 0.3) is 0 Å². The van der Waals surface area contributed by atoms with E-state index in [9.17, 15) is 0 Å². The maximum absolute atomic E-state index is 2.37. The van der Waals surface area contributed by atoms with Crippen LogP contribution in [0.3, 0.4) is 0 Å². The van der Waals surface area contributed by atoms with Crippen molar-refractivity contribution in [3.63, 3.8) is 0 Å². The minimum Gasteiger partial charge on any atom is -1.00 e. The first-order valence-corrected chi connectivity index (χ1v) is 11.8. The molecule has 0 aromatic heterocycles. The Morgan fingerprint density at radius 1 is 0.742 bits per heavy atom. The van der Waals surface area contributed by atoms with Crippen molar-refractivity contribution in [3.05, 3.63) is 112 Å². The summed E-state index contributed by atoms with van der Waals surface area (Å²) in [5, 5.41) is 0. The van der Waals surface area contributed by atoms with Crippen LogP contribution in [0.4, 0.5) is 5.69 Å². The first kappa shape index (κ1) is 23.1. The number of anilines is 1. The summed E-state index contributed by atoms with van der Waals surface area (Å²) in [6.07, 6.45) is 13.7. The van der Waals surface area contributed by atoms with E-state index in [1.165, 1.54) is 42.6 Å². The van der Waals surface area contributed by atoms with Gasteiger partial charge >= 0.3 is 186 Å². The molecular formula is C27H27ClN2Se. The molecule has 0 saturated heterocycles. The van der Waals surface area contributed by atoms with E-state index in [1.54, 1.807) is 0 Å². The smallest absolute Gasteiger partial charge is 1.00 e. The van der Waals surface area contributed by atoms with Gasteiger partial charge in [-0.3, -0.25) is 0 Å². The molecular weight excluding hydrogens is 467 g/mol. The quantitative estimate of drug-likeness (QED) is 0.468. The van der Waals surface area contributed by atoms with E-state index in [4.69, 9.17) is 0 Å². The Morgan fingerprint density at radius 3 is 1.97 bits per heavy atom. The molecule has 2 aliphatic rings. The Kier molecular flexibility index (Phi) is 7.56. The average molecular weight is 494 g/mol. The van der Waals surface area contributed by atoms with Gasteiger partial charge in [0.15, 0.2) is 0 Å². The zero-order chi connectivity index (χ0) is 21.1. The van der Waals surface area contributed by atoms with E-state index in [-0.39, 0.29) is 27.4 Å². The second-order valence-corrected chi connectivity index (χ2v) is 10.1. The first-order chi connectivity index (χ1) is 14.5. The van der Waals surface area contributed by atoms with E-state index in [0.717, 1.165) is 0 Å². The molecule has 31 heavy (non-hydrogen) atoms. The molecule has 2 aromatic carbocycles. The minimum absolute atomic E-state index is 0. The number of rotatable bonds is 3. The molecule has 1 heterocycles. The third-order valence-corrected chi connectivity index (χ3v) is 7.64. The van der Waals surface area contributed by atoms with Crippen LogP contribution in [0, 0.1) is 0 Å². The van der Waals surface area contributed by atoms with Crippen molar-refractivity contribution >= 4 is 36.4 Å². The third kappa shape index (κ3) is 5.37. The first-order valence-electron chi connectivity index (χ1n) is 10.1. The van der Waals surface area contributed by atoms with Crippen molar-refractivity contribution < 1.29 is 17.0 Å². The molecule has 0 radical (unpaired) electrons. The van der Waals surface area contributed by atoms with Crippen LogP contribution in [0.25, 0.3) is 10.0 Å². The van der Waals surface area contributed by atoms with E-state index in [2.05, 4.69) is 129 Å². The summed E-state index contributed by atoms with van der Waals surface area (Å²) in [5.74, 6) is 0. The van der Waals surface area contributed by atoms with Crippen LogP contribution >= 0.6 is 0 Å². The second kappa shape index (κ2) is 10.2. The number of allylic oxidation sites excluding steroid dienone is 9. The fraction of sp³-hybridized carbons (Fsp3) is 0.148. The van der Waals surface area contributed by atoms with Crippen LogP contribution in [0.5, 0.6) is 0 Å². The van der Waals surface area contributed by atoms with Gasteiger partial charge in [-0.05, 0) is 0 Å². The molecule has 2 aromatic rings. The van der Waals surface area contributed by atoms with Crippen LogP contribution < -0.4 is 17.3 Å². The molecule has 0 saturated carbocycles. The van der Waals surface area contributed by atoms with Crippen molar-refractivity contribution in [2.45, 2.75) is 0 Å². The summed E-state index contributed by atoms with van der Waals surface area (Å²) in [6, 6.07) is 19.6. The van der Waals surface area contributed by atoms with E-state index >= 15 is 0 Å².